The van der Waals surface area contributed by atoms with E-state index in [9.17, 15) is 4.79 Å². The standard InChI is InChI=1S/C16H17N5O.3H2/c17-16-12(3-2-6-18-16)15(22)13-4-1-5-14(20-13)21-9-10-7-11(21)8-19-10;;;/h1-6,10-11,19H,7-9H2,(H2,17,18);3*1H/t10-,11-;;;/m1.../s1. The minimum Gasteiger partial charge on any atom is -0.383 e. The highest BCUT2D eigenvalue weighted by Crippen LogP contribution is 2.28. The predicted molar refractivity (Wildman–Crippen MR) is 90.2 cm³/mol. The van der Waals surface area contributed by atoms with Gasteiger partial charge >= 0.3 is 0 Å². The Balaban J connectivity index is 0.00000104. The lowest BCUT2D eigenvalue weighted by Gasteiger charge is -2.28. The van der Waals surface area contributed by atoms with Gasteiger partial charge in [0.05, 0.1) is 5.56 Å². The quantitative estimate of drug-likeness (QED) is 0.837. The molecule has 2 aromatic rings. The van der Waals surface area contributed by atoms with Crippen LogP contribution in [0.5, 0.6) is 0 Å². The third-order valence-electron chi connectivity index (χ3n) is 4.40. The van der Waals surface area contributed by atoms with Crippen LogP contribution in [-0.2, 0) is 0 Å². The van der Waals surface area contributed by atoms with Crippen molar-refractivity contribution < 1.29 is 9.07 Å². The second-order valence-corrected chi connectivity index (χ2v) is 5.79. The maximum absolute atomic E-state index is 12.6. The molecule has 2 aliphatic rings. The van der Waals surface area contributed by atoms with Gasteiger partial charge in [-0.25, -0.2) is 9.97 Å². The summed E-state index contributed by atoms with van der Waals surface area (Å²) >= 11 is 0. The number of anilines is 2. The third-order valence-corrected chi connectivity index (χ3v) is 4.40. The summed E-state index contributed by atoms with van der Waals surface area (Å²) in [7, 11) is 0. The summed E-state index contributed by atoms with van der Waals surface area (Å²) in [6.07, 6.45) is 2.72. The zero-order valence-corrected chi connectivity index (χ0v) is 12.1. The second-order valence-electron chi connectivity index (χ2n) is 5.79. The Bertz CT molecular complexity index is 745. The van der Waals surface area contributed by atoms with Crippen molar-refractivity contribution in [3.63, 3.8) is 0 Å². The minimum absolute atomic E-state index is 0. The van der Waals surface area contributed by atoms with E-state index in [4.69, 9.17) is 5.73 Å². The Kier molecular flexibility index (Phi) is 3.04. The number of ketones is 1. The number of aromatic nitrogens is 2. The number of nitrogen functional groups attached to an aromatic ring is 1. The number of nitrogens with zero attached hydrogens (tertiary/aromatic N) is 3. The van der Waals surface area contributed by atoms with Crippen molar-refractivity contribution in [2.75, 3.05) is 23.7 Å². The predicted octanol–water partition coefficient (Wildman–Crippen LogP) is 1.58. The van der Waals surface area contributed by atoms with E-state index >= 15 is 0 Å². The number of rotatable bonds is 3. The van der Waals surface area contributed by atoms with Crippen LogP contribution >= 0.6 is 0 Å². The zero-order valence-electron chi connectivity index (χ0n) is 12.1. The SMILES string of the molecule is Nc1ncccc1C(=O)c1cccc(N2C[C@H]3C[C@@H]2CN3)n1.[HH].[HH].[HH]. The molecule has 0 unspecified atom stereocenters. The van der Waals surface area contributed by atoms with Gasteiger partial charge in [0.1, 0.15) is 17.3 Å². The topological polar surface area (TPSA) is 84.1 Å². The zero-order chi connectivity index (χ0) is 15.1. The number of hydrogen-bond acceptors (Lipinski definition) is 6. The van der Waals surface area contributed by atoms with Gasteiger partial charge in [-0.05, 0) is 30.7 Å². The van der Waals surface area contributed by atoms with Crippen molar-refractivity contribution in [3.8, 4) is 0 Å². The molecule has 2 aromatic heterocycles. The van der Waals surface area contributed by atoms with Gasteiger partial charge in [-0.3, -0.25) is 4.79 Å². The number of carbonyl (C=O) groups excluding carboxylic acids is 1. The van der Waals surface area contributed by atoms with Gasteiger partial charge in [-0.1, -0.05) is 6.07 Å². The number of nitrogens with two attached hydrogens (primary N) is 1. The maximum Gasteiger partial charge on any atom is 0.215 e. The molecule has 118 valence electrons. The average molecular weight is 301 g/mol. The van der Waals surface area contributed by atoms with Crippen LogP contribution in [0.15, 0.2) is 36.5 Å². The summed E-state index contributed by atoms with van der Waals surface area (Å²) in [5, 5.41) is 3.47. The molecule has 0 amide bonds. The molecule has 0 saturated carbocycles. The van der Waals surface area contributed by atoms with Crippen molar-refractivity contribution in [2.45, 2.75) is 18.5 Å². The Labute approximate surface area is 132 Å². The van der Waals surface area contributed by atoms with Crippen LogP contribution in [0.3, 0.4) is 0 Å². The van der Waals surface area contributed by atoms with Crippen LogP contribution in [0.2, 0.25) is 0 Å². The molecule has 2 atom stereocenters. The van der Waals surface area contributed by atoms with Crippen molar-refractivity contribution in [1.29, 1.82) is 0 Å². The Hall–Kier alpha value is -2.47. The third kappa shape index (κ3) is 2.12. The molecule has 2 fully saturated rings. The van der Waals surface area contributed by atoms with Gasteiger partial charge in [0, 0.05) is 35.6 Å². The Morgan fingerprint density at radius 3 is 3.00 bits per heavy atom. The molecular weight excluding hydrogens is 278 g/mol. The fourth-order valence-electron chi connectivity index (χ4n) is 3.30. The fraction of sp³-hybridized carbons (Fsp3) is 0.312. The molecule has 4 rings (SSSR count). The van der Waals surface area contributed by atoms with E-state index < -0.39 is 0 Å². The molecule has 6 nitrogen and oxygen atoms in total. The summed E-state index contributed by atoms with van der Waals surface area (Å²) in [4.78, 5) is 23.4. The van der Waals surface area contributed by atoms with Gasteiger partial charge in [0.15, 0.2) is 0 Å². The smallest absolute Gasteiger partial charge is 0.215 e. The lowest BCUT2D eigenvalue weighted by atomic mass is 10.1. The first-order valence-electron chi connectivity index (χ1n) is 7.44. The van der Waals surface area contributed by atoms with Crippen LogP contribution in [0.25, 0.3) is 0 Å². The molecular formula is C16H23N5O. The van der Waals surface area contributed by atoms with E-state index in [1.165, 1.54) is 0 Å². The van der Waals surface area contributed by atoms with Gasteiger partial charge in [0.2, 0.25) is 5.78 Å². The number of pyridine rings is 2. The first-order chi connectivity index (χ1) is 10.7. The molecule has 0 radical (unpaired) electrons. The first kappa shape index (κ1) is 13.2. The molecule has 2 aliphatic heterocycles. The van der Waals surface area contributed by atoms with Gasteiger partial charge in [-0.2, -0.15) is 0 Å². The molecule has 3 N–H and O–H groups in total. The van der Waals surface area contributed by atoms with Crippen LogP contribution in [0, 0.1) is 0 Å². The summed E-state index contributed by atoms with van der Waals surface area (Å²) in [6, 6.07) is 9.97. The lowest BCUT2D eigenvalue weighted by Crippen LogP contribution is -2.44. The molecule has 0 aromatic carbocycles. The molecule has 0 spiro atoms. The van der Waals surface area contributed by atoms with E-state index in [-0.39, 0.29) is 15.9 Å². The minimum atomic E-state index is -0.185. The molecule has 0 aliphatic carbocycles. The molecule has 4 heterocycles. The lowest BCUT2D eigenvalue weighted by molar-refractivity contribution is 0.103. The van der Waals surface area contributed by atoms with Crippen LogP contribution < -0.4 is 16.0 Å². The Morgan fingerprint density at radius 2 is 2.27 bits per heavy atom. The number of piperazine rings is 1. The van der Waals surface area contributed by atoms with Crippen molar-refractivity contribution in [1.82, 2.24) is 15.3 Å². The van der Waals surface area contributed by atoms with E-state index in [0.29, 0.717) is 23.3 Å². The Morgan fingerprint density at radius 1 is 1.36 bits per heavy atom. The highest BCUT2D eigenvalue weighted by Gasteiger charge is 2.38. The van der Waals surface area contributed by atoms with Crippen molar-refractivity contribution >= 4 is 17.4 Å². The van der Waals surface area contributed by atoms with Gasteiger partial charge in [0.25, 0.3) is 0 Å². The summed E-state index contributed by atoms with van der Waals surface area (Å²) < 4.78 is 0. The van der Waals surface area contributed by atoms with Crippen LogP contribution in [-0.4, -0.2) is 40.9 Å². The van der Waals surface area contributed by atoms with Crippen LogP contribution in [0.4, 0.5) is 11.6 Å². The van der Waals surface area contributed by atoms with Gasteiger partial charge < -0.3 is 16.0 Å². The van der Waals surface area contributed by atoms with Crippen molar-refractivity contribution in [3.05, 3.63) is 47.8 Å². The number of nitrogens with one attached hydrogen (secondary N) is 1. The highest BCUT2D eigenvalue weighted by molar-refractivity contribution is 6.10. The summed E-state index contributed by atoms with van der Waals surface area (Å²) in [5.74, 6) is 0.918. The maximum atomic E-state index is 12.6. The number of hydrogen-bond donors (Lipinski definition) is 2. The summed E-state index contributed by atoms with van der Waals surface area (Å²) in [5.41, 5.74) is 6.60. The van der Waals surface area contributed by atoms with E-state index in [1.807, 2.05) is 12.1 Å². The highest BCUT2D eigenvalue weighted by atomic mass is 16.1. The molecule has 22 heavy (non-hydrogen) atoms. The van der Waals surface area contributed by atoms with E-state index in [1.54, 1.807) is 24.4 Å². The largest absolute Gasteiger partial charge is 0.383 e. The average Bonchev–Trinajstić information content (AvgIpc) is 3.18. The fourth-order valence-corrected chi connectivity index (χ4v) is 3.30. The normalized spacial score (nSPS) is 23.0. The second kappa shape index (κ2) is 5.06. The number of carbonyl (C=O) groups is 1. The van der Waals surface area contributed by atoms with Crippen LogP contribution in [0.1, 0.15) is 26.8 Å². The first-order valence-corrected chi connectivity index (χ1v) is 7.44. The molecule has 2 bridgehead atoms. The monoisotopic (exact) mass is 301 g/mol. The van der Waals surface area contributed by atoms with E-state index in [2.05, 4.69) is 20.2 Å². The number of fused-ring (bicyclic) bond motifs is 2. The van der Waals surface area contributed by atoms with E-state index in [0.717, 1.165) is 25.3 Å². The molecule has 6 heteroatoms. The van der Waals surface area contributed by atoms with Crippen molar-refractivity contribution in [2.24, 2.45) is 0 Å². The van der Waals surface area contributed by atoms with Gasteiger partial charge in [-0.15, -0.1) is 0 Å². The molecule has 2 saturated heterocycles. The summed E-state index contributed by atoms with van der Waals surface area (Å²) in [6.45, 7) is 1.93.